The molecule has 0 unspecified atom stereocenters. The van der Waals surface area contributed by atoms with Crippen LogP contribution < -0.4 is 10.0 Å². The van der Waals surface area contributed by atoms with Gasteiger partial charge in [0, 0.05) is 42.0 Å². The number of Topliss-reactive ketones (excluding diaryl/α,β-unsaturated/α-hetero) is 1. The highest BCUT2D eigenvalue weighted by molar-refractivity contribution is 7.92. The minimum atomic E-state index is -3.30. The highest BCUT2D eigenvalue weighted by Gasteiger charge is 2.07. The summed E-state index contributed by atoms with van der Waals surface area (Å²) in [6.45, 7) is 3.74. The molecule has 0 radical (unpaired) electrons. The Morgan fingerprint density at radius 2 is 1.78 bits per heavy atom. The van der Waals surface area contributed by atoms with E-state index in [-0.39, 0.29) is 5.78 Å². The third kappa shape index (κ3) is 8.32. The van der Waals surface area contributed by atoms with E-state index in [2.05, 4.69) is 15.0 Å². The average Bonchev–Trinajstić information content (AvgIpc) is 2.60. The molecule has 0 fully saturated rings. The fourth-order valence-corrected chi connectivity index (χ4v) is 3.26. The molecule has 0 saturated heterocycles. The van der Waals surface area contributed by atoms with E-state index < -0.39 is 10.0 Å². The van der Waals surface area contributed by atoms with Crippen molar-refractivity contribution in [2.45, 2.75) is 32.6 Å². The van der Waals surface area contributed by atoms with Crippen LogP contribution in [-0.4, -0.2) is 38.5 Å². The van der Waals surface area contributed by atoms with Crippen LogP contribution in [0.4, 0.5) is 5.69 Å². The number of carbonyl (C=O) groups is 1. The summed E-state index contributed by atoms with van der Waals surface area (Å²) in [4.78, 5) is 16.6. The topological polar surface area (TPSA) is 88.2 Å². The number of ketones is 1. The average molecular weight is 390 g/mol. The van der Waals surface area contributed by atoms with Crippen molar-refractivity contribution in [1.82, 2.24) is 10.3 Å². The fourth-order valence-electron chi connectivity index (χ4n) is 2.70. The van der Waals surface area contributed by atoms with Crippen LogP contribution in [0.15, 0.2) is 42.5 Å². The number of rotatable bonds is 11. The SMILES string of the molecule is Cc1cccc(CCNCCCCC(=O)c2ccc(NS(C)(=O)=O)cc2)n1. The van der Waals surface area contributed by atoms with Crippen molar-refractivity contribution < 1.29 is 13.2 Å². The summed E-state index contributed by atoms with van der Waals surface area (Å²) in [7, 11) is -3.30. The summed E-state index contributed by atoms with van der Waals surface area (Å²) in [5.41, 5.74) is 3.19. The van der Waals surface area contributed by atoms with Gasteiger partial charge in [0.1, 0.15) is 0 Å². The number of nitrogens with one attached hydrogen (secondary N) is 2. The zero-order valence-electron chi connectivity index (χ0n) is 15.9. The maximum atomic E-state index is 12.2. The molecular formula is C20H27N3O3S. The van der Waals surface area contributed by atoms with Crippen molar-refractivity contribution >= 4 is 21.5 Å². The lowest BCUT2D eigenvalue weighted by Crippen LogP contribution is -2.19. The molecule has 1 aromatic heterocycles. The van der Waals surface area contributed by atoms with Crippen molar-refractivity contribution in [3.8, 4) is 0 Å². The van der Waals surface area contributed by atoms with Gasteiger partial charge in [0.15, 0.2) is 5.78 Å². The molecule has 1 aromatic carbocycles. The molecule has 0 bridgehead atoms. The number of hydrogen-bond donors (Lipinski definition) is 2. The summed E-state index contributed by atoms with van der Waals surface area (Å²) >= 11 is 0. The highest BCUT2D eigenvalue weighted by Crippen LogP contribution is 2.13. The molecule has 7 heteroatoms. The van der Waals surface area contributed by atoms with E-state index in [0.717, 1.165) is 50.0 Å². The molecule has 6 nitrogen and oxygen atoms in total. The molecule has 27 heavy (non-hydrogen) atoms. The lowest BCUT2D eigenvalue weighted by Gasteiger charge is -2.06. The number of sulfonamides is 1. The molecule has 0 spiro atoms. The summed E-state index contributed by atoms with van der Waals surface area (Å²) < 4.78 is 24.7. The van der Waals surface area contributed by atoms with Crippen LogP contribution in [0.25, 0.3) is 0 Å². The van der Waals surface area contributed by atoms with Gasteiger partial charge in [-0.2, -0.15) is 0 Å². The molecule has 0 amide bonds. The van der Waals surface area contributed by atoms with Gasteiger partial charge >= 0.3 is 0 Å². The van der Waals surface area contributed by atoms with Crippen molar-refractivity contribution in [1.29, 1.82) is 0 Å². The van der Waals surface area contributed by atoms with Crippen LogP contribution in [0, 0.1) is 6.92 Å². The first-order chi connectivity index (χ1) is 12.8. The Labute approximate surface area is 161 Å². The van der Waals surface area contributed by atoms with Crippen LogP contribution in [0.3, 0.4) is 0 Å². The molecule has 0 saturated carbocycles. The molecule has 2 aromatic rings. The number of unbranched alkanes of at least 4 members (excludes halogenated alkanes) is 1. The van der Waals surface area contributed by atoms with Crippen LogP contribution in [0.1, 0.15) is 41.0 Å². The number of nitrogens with zero attached hydrogens (tertiary/aromatic N) is 1. The number of aromatic nitrogens is 1. The summed E-state index contributed by atoms with van der Waals surface area (Å²) in [6.07, 6.45) is 4.23. The molecular weight excluding hydrogens is 362 g/mol. The number of hydrogen-bond acceptors (Lipinski definition) is 5. The number of carbonyl (C=O) groups excluding carboxylic acids is 1. The molecule has 0 atom stereocenters. The zero-order chi connectivity index (χ0) is 19.7. The molecule has 1 heterocycles. The Morgan fingerprint density at radius 1 is 1.04 bits per heavy atom. The van der Waals surface area contributed by atoms with E-state index >= 15 is 0 Å². The van der Waals surface area contributed by atoms with E-state index in [0.29, 0.717) is 17.7 Å². The lowest BCUT2D eigenvalue weighted by molar-refractivity contribution is 0.0979. The van der Waals surface area contributed by atoms with Gasteiger partial charge in [-0.05, 0) is 62.7 Å². The fraction of sp³-hybridized carbons (Fsp3) is 0.400. The first kappa shape index (κ1) is 21.1. The van der Waals surface area contributed by atoms with Gasteiger partial charge in [-0.25, -0.2) is 8.42 Å². The van der Waals surface area contributed by atoms with Gasteiger partial charge in [0.25, 0.3) is 0 Å². The van der Waals surface area contributed by atoms with Crippen molar-refractivity contribution in [2.24, 2.45) is 0 Å². The van der Waals surface area contributed by atoms with Crippen LogP contribution in [-0.2, 0) is 16.4 Å². The lowest BCUT2D eigenvalue weighted by atomic mass is 10.1. The maximum absolute atomic E-state index is 12.2. The second-order valence-electron chi connectivity index (χ2n) is 6.60. The minimum Gasteiger partial charge on any atom is -0.316 e. The Hall–Kier alpha value is -2.25. The smallest absolute Gasteiger partial charge is 0.229 e. The van der Waals surface area contributed by atoms with Gasteiger partial charge in [-0.1, -0.05) is 6.07 Å². The van der Waals surface area contributed by atoms with E-state index in [9.17, 15) is 13.2 Å². The highest BCUT2D eigenvalue weighted by atomic mass is 32.2. The van der Waals surface area contributed by atoms with E-state index in [1.165, 1.54) is 0 Å². The van der Waals surface area contributed by atoms with Gasteiger partial charge in [0.05, 0.1) is 6.26 Å². The van der Waals surface area contributed by atoms with Gasteiger partial charge in [-0.3, -0.25) is 14.5 Å². The molecule has 0 aliphatic carbocycles. The van der Waals surface area contributed by atoms with E-state index in [1.54, 1.807) is 24.3 Å². The molecule has 2 N–H and O–H groups in total. The molecule has 0 aliphatic heterocycles. The van der Waals surface area contributed by atoms with Gasteiger partial charge in [0.2, 0.25) is 10.0 Å². The Balaban J connectivity index is 1.61. The third-order valence-electron chi connectivity index (χ3n) is 4.02. The first-order valence-electron chi connectivity index (χ1n) is 9.08. The van der Waals surface area contributed by atoms with Crippen LogP contribution in [0.5, 0.6) is 0 Å². The normalized spacial score (nSPS) is 11.3. The quantitative estimate of drug-likeness (QED) is 0.456. The minimum absolute atomic E-state index is 0.0740. The number of benzene rings is 1. The van der Waals surface area contributed by atoms with Gasteiger partial charge < -0.3 is 5.32 Å². The third-order valence-corrected chi connectivity index (χ3v) is 4.63. The van der Waals surface area contributed by atoms with Crippen molar-refractivity contribution in [3.05, 3.63) is 59.4 Å². The largest absolute Gasteiger partial charge is 0.316 e. The Bertz CT molecular complexity index is 849. The summed E-state index contributed by atoms with van der Waals surface area (Å²) in [5.74, 6) is 0.0740. The Kier molecular flexibility index (Phi) is 7.94. The van der Waals surface area contributed by atoms with E-state index in [4.69, 9.17) is 0 Å². The molecule has 2 rings (SSSR count). The molecule has 146 valence electrons. The van der Waals surface area contributed by atoms with Gasteiger partial charge in [-0.15, -0.1) is 0 Å². The van der Waals surface area contributed by atoms with Crippen molar-refractivity contribution in [3.63, 3.8) is 0 Å². The van der Waals surface area contributed by atoms with Crippen molar-refractivity contribution in [2.75, 3.05) is 24.1 Å². The standard InChI is InChI=1S/C20H27N3O3S/c1-16-6-5-7-18(22-16)13-15-21-14-4-3-8-20(24)17-9-11-19(12-10-17)23-27(2,25)26/h5-7,9-12,21,23H,3-4,8,13-15H2,1-2H3. The number of pyridine rings is 1. The van der Waals surface area contributed by atoms with Crippen LogP contribution in [0.2, 0.25) is 0 Å². The Morgan fingerprint density at radius 3 is 2.44 bits per heavy atom. The predicted octanol–water partition coefficient (Wildman–Crippen LogP) is 2.95. The maximum Gasteiger partial charge on any atom is 0.229 e. The molecule has 0 aliphatic rings. The van der Waals surface area contributed by atoms with Crippen LogP contribution >= 0.6 is 0 Å². The number of anilines is 1. The monoisotopic (exact) mass is 389 g/mol. The zero-order valence-corrected chi connectivity index (χ0v) is 16.7. The second kappa shape index (κ2) is 10.2. The van der Waals surface area contributed by atoms with E-state index in [1.807, 2.05) is 25.1 Å². The summed E-state index contributed by atoms with van der Waals surface area (Å²) in [5, 5.41) is 3.38. The second-order valence-corrected chi connectivity index (χ2v) is 8.35. The summed E-state index contributed by atoms with van der Waals surface area (Å²) in [6, 6.07) is 12.6. The predicted molar refractivity (Wildman–Crippen MR) is 109 cm³/mol. The number of aryl methyl sites for hydroxylation is 1. The first-order valence-corrected chi connectivity index (χ1v) is 11.0.